The molecule has 0 aliphatic carbocycles. The molecule has 0 atom stereocenters. The normalized spacial score (nSPS) is 11.0. The van der Waals surface area contributed by atoms with Crippen molar-refractivity contribution in [2.75, 3.05) is 106 Å². The van der Waals surface area contributed by atoms with E-state index in [0.29, 0.717) is 98.9 Å². The Labute approximate surface area is 197 Å². The molecule has 0 saturated carbocycles. The first-order valence-corrected chi connectivity index (χ1v) is 11.5. The van der Waals surface area contributed by atoms with Crippen LogP contribution in [-0.4, -0.2) is 118 Å². The van der Waals surface area contributed by atoms with Crippen LogP contribution in [0.1, 0.15) is 26.2 Å². The summed E-state index contributed by atoms with van der Waals surface area (Å²) in [6.45, 7) is 8.57. The molecule has 196 valence electrons. The average molecular weight is 483 g/mol. The van der Waals surface area contributed by atoms with E-state index in [-0.39, 0.29) is 25.0 Å². The highest BCUT2D eigenvalue weighted by molar-refractivity contribution is 5.69. The van der Waals surface area contributed by atoms with Crippen LogP contribution in [0.4, 0.5) is 0 Å². The fourth-order valence-electron chi connectivity index (χ4n) is 2.17. The second-order valence-electron chi connectivity index (χ2n) is 6.58. The minimum absolute atomic E-state index is 0.190. The predicted octanol–water partition coefficient (Wildman–Crippen LogP) is 1.01. The summed E-state index contributed by atoms with van der Waals surface area (Å²) in [5.74, 6) is -0.477. The fourth-order valence-corrected chi connectivity index (χ4v) is 2.17. The maximum atomic E-state index is 11.1. The number of hydrogen-bond acceptors (Lipinski definition) is 11. The van der Waals surface area contributed by atoms with Gasteiger partial charge in [-0.2, -0.15) is 0 Å². The van der Waals surface area contributed by atoms with Gasteiger partial charge in [0.15, 0.2) is 0 Å². The first-order chi connectivity index (χ1) is 16.2. The minimum atomic E-state index is -0.287. The third-order valence-corrected chi connectivity index (χ3v) is 3.86. The number of rotatable bonds is 26. The van der Waals surface area contributed by atoms with E-state index in [1.165, 1.54) is 7.11 Å². The summed E-state index contributed by atoms with van der Waals surface area (Å²) in [5.41, 5.74) is 0. The molecule has 0 radical (unpaired) electrons. The van der Waals surface area contributed by atoms with Gasteiger partial charge < -0.3 is 42.6 Å². The largest absolute Gasteiger partial charge is 0.469 e. The monoisotopic (exact) mass is 482 g/mol. The summed E-state index contributed by atoms with van der Waals surface area (Å²) in [7, 11) is 1.35. The van der Waals surface area contributed by atoms with E-state index in [1.807, 2.05) is 6.92 Å². The summed E-state index contributed by atoms with van der Waals surface area (Å²) in [6, 6.07) is 0. The summed E-state index contributed by atoms with van der Waals surface area (Å²) in [6.07, 6.45) is 1.47. The molecule has 0 spiro atoms. The Bertz CT molecular complexity index is 435. The number of hydrogen-bond donors (Lipinski definition) is 0. The van der Waals surface area contributed by atoms with Crippen molar-refractivity contribution in [2.24, 2.45) is 0 Å². The molecule has 0 N–H and O–H groups in total. The third kappa shape index (κ3) is 26.8. The summed E-state index contributed by atoms with van der Waals surface area (Å²) in [4.78, 5) is 22.0. The van der Waals surface area contributed by atoms with Crippen LogP contribution in [-0.2, 0) is 52.2 Å². The van der Waals surface area contributed by atoms with E-state index >= 15 is 0 Å². The van der Waals surface area contributed by atoms with Gasteiger partial charge in [0, 0.05) is 6.42 Å². The molecule has 0 aromatic rings. The Morgan fingerprint density at radius 3 is 1.12 bits per heavy atom. The SMILES string of the molecule is CCCC(=O)OCCOCCOCCOCCOCCOCCOCCOCCC(=O)OC. The number of methoxy groups -OCH3 is 1. The lowest BCUT2D eigenvalue weighted by molar-refractivity contribution is -0.145. The second-order valence-corrected chi connectivity index (χ2v) is 6.58. The van der Waals surface area contributed by atoms with E-state index in [1.54, 1.807) is 0 Å². The molecule has 0 aromatic heterocycles. The van der Waals surface area contributed by atoms with Gasteiger partial charge in [-0.15, -0.1) is 0 Å². The molecule has 0 amide bonds. The lowest BCUT2D eigenvalue weighted by Gasteiger charge is -2.08. The van der Waals surface area contributed by atoms with E-state index < -0.39 is 0 Å². The standard InChI is InChI=1S/C22H42O11/c1-3-4-22(24)33-20-19-32-18-17-31-16-15-30-14-13-29-12-11-28-10-9-27-8-7-26-6-5-21(23)25-2/h3-20H2,1-2H3. The molecule has 11 heteroatoms. The van der Waals surface area contributed by atoms with Crippen LogP contribution < -0.4 is 0 Å². The number of esters is 2. The van der Waals surface area contributed by atoms with Gasteiger partial charge >= 0.3 is 11.9 Å². The quantitative estimate of drug-likeness (QED) is 0.130. The molecule has 0 bridgehead atoms. The fraction of sp³-hybridized carbons (Fsp3) is 0.909. The van der Waals surface area contributed by atoms with Gasteiger partial charge in [0.1, 0.15) is 6.61 Å². The molecule has 0 unspecified atom stereocenters. The van der Waals surface area contributed by atoms with Crippen molar-refractivity contribution in [3.63, 3.8) is 0 Å². The second kappa shape index (κ2) is 26.9. The molecule has 0 fully saturated rings. The van der Waals surface area contributed by atoms with Crippen LogP contribution in [0.3, 0.4) is 0 Å². The average Bonchev–Trinajstić information content (AvgIpc) is 2.81. The van der Waals surface area contributed by atoms with Crippen LogP contribution in [0.25, 0.3) is 0 Å². The molecule has 0 rings (SSSR count). The zero-order valence-corrected chi connectivity index (χ0v) is 20.2. The molecule has 11 nitrogen and oxygen atoms in total. The Morgan fingerprint density at radius 1 is 0.455 bits per heavy atom. The topological polar surface area (TPSA) is 117 Å². The Kier molecular flexibility index (Phi) is 25.8. The summed E-state index contributed by atoms with van der Waals surface area (Å²) in [5, 5.41) is 0. The Morgan fingerprint density at radius 2 is 0.788 bits per heavy atom. The van der Waals surface area contributed by atoms with E-state index in [4.69, 9.17) is 37.9 Å². The summed E-state index contributed by atoms with van der Waals surface area (Å²) < 4.78 is 46.9. The number of carbonyl (C=O) groups excluding carboxylic acids is 2. The van der Waals surface area contributed by atoms with Crippen LogP contribution in [0, 0.1) is 0 Å². The molecule has 0 aliphatic heterocycles. The van der Waals surface area contributed by atoms with Gasteiger partial charge in [-0.05, 0) is 6.42 Å². The van der Waals surface area contributed by atoms with E-state index in [2.05, 4.69) is 4.74 Å². The van der Waals surface area contributed by atoms with Crippen LogP contribution >= 0.6 is 0 Å². The highest BCUT2D eigenvalue weighted by atomic mass is 16.6. The van der Waals surface area contributed by atoms with Crippen LogP contribution in [0.5, 0.6) is 0 Å². The molecule has 0 aromatic carbocycles. The lowest BCUT2D eigenvalue weighted by atomic mass is 10.3. The molecular formula is C22H42O11. The lowest BCUT2D eigenvalue weighted by Crippen LogP contribution is -2.15. The molecular weight excluding hydrogens is 440 g/mol. The van der Waals surface area contributed by atoms with Gasteiger partial charge in [-0.3, -0.25) is 9.59 Å². The highest BCUT2D eigenvalue weighted by Gasteiger charge is 2.00. The maximum absolute atomic E-state index is 11.1. The molecule has 0 saturated heterocycles. The smallest absolute Gasteiger partial charge is 0.307 e. The molecule has 0 heterocycles. The van der Waals surface area contributed by atoms with Crippen LogP contribution in [0.15, 0.2) is 0 Å². The Balaban J connectivity index is 3.06. The van der Waals surface area contributed by atoms with Crippen LogP contribution in [0.2, 0.25) is 0 Å². The zero-order valence-electron chi connectivity index (χ0n) is 20.2. The van der Waals surface area contributed by atoms with Crippen molar-refractivity contribution in [1.29, 1.82) is 0 Å². The van der Waals surface area contributed by atoms with Crippen molar-refractivity contribution < 1.29 is 52.2 Å². The first-order valence-electron chi connectivity index (χ1n) is 11.5. The third-order valence-electron chi connectivity index (χ3n) is 3.86. The highest BCUT2D eigenvalue weighted by Crippen LogP contribution is 1.91. The number of ether oxygens (including phenoxy) is 9. The maximum Gasteiger partial charge on any atom is 0.307 e. The van der Waals surface area contributed by atoms with Gasteiger partial charge in [-0.1, -0.05) is 6.92 Å². The van der Waals surface area contributed by atoms with Gasteiger partial charge in [0.2, 0.25) is 0 Å². The van der Waals surface area contributed by atoms with Gasteiger partial charge in [-0.25, -0.2) is 0 Å². The van der Waals surface area contributed by atoms with Crippen molar-refractivity contribution in [3.05, 3.63) is 0 Å². The van der Waals surface area contributed by atoms with E-state index in [9.17, 15) is 9.59 Å². The predicted molar refractivity (Wildman–Crippen MR) is 118 cm³/mol. The molecule has 33 heavy (non-hydrogen) atoms. The number of carbonyl (C=O) groups is 2. The summed E-state index contributed by atoms with van der Waals surface area (Å²) >= 11 is 0. The van der Waals surface area contributed by atoms with Crippen molar-refractivity contribution in [1.82, 2.24) is 0 Å². The van der Waals surface area contributed by atoms with Crippen molar-refractivity contribution in [3.8, 4) is 0 Å². The van der Waals surface area contributed by atoms with Gasteiger partial charge in [0.25, 0.3) is 0 Å². The van der Waals surface area contributed by atoms with Gasteiger partial charge in [0.05, 0.1) is 106 Å². The Hall–Kier alpha value is -1.34. The zero-order chi connectivity index (χ0) is 24.2. The van der Waals surface area contributed by atoms with Crippen molar-refractivity contribution >= 4 is 11.9 Å². The minimum Gasteiger partial charge on any atom is -0.469 e. The first kappa shape index (κ1) is 31.7. The van der Waals surface area contributed by atoms with E-state index in [0.717, 1.165) is 6.42 Å². The van der Waals surface area contributed by atoms with Crippen molar-refractivity contribution in [2.45, 2.75) is 26.2 Å². The molecule has 0 aliphatic rings.